The number of nitrogens with one attached hydrogen (secondary N) is 3. The molecule has 2 atom stereocenters. The van der Waals surface area contributed by atoms with E-state index in [1.54, 1.807) is 10.9 Å². The number of aliphatic carboxylic acids is 2. The van der Waals surface area contributed by atoms with Gasteiger partial charge in [-0.05, 0) is 20.3 Å². The van der Waals surface area contributed by atoms with Crippen LogP contribution in [0.5, 0.6) is 0 Å². The van der Waals surface area contributed by atoms with Crippen molar-refractivity contribution in [2.45, 2.75) is 50.4 Å². The summed E-state index contributed by atoms with van der Waals surface area (Å²) in [6, 6.07) is -1.53. The zero-order valence-electron chi connectivity index (χ0n) is 29.2. The normalized spacial score (nSPS) is 18.1. The topological polar surface area (TPSA) is 380 Å². The van der Waals surface area contributed by atoms with Crippen molar-refractivity contribution >= 4 is 85.8 Å². The predicted molar refractivity (Wildman–Crippen MR) is 192 cm³/mol. The van der Waals surface area contributed by atoms with Crippen LogP contribution >= 0.6 is 23.3 Å². The number of hydrogen-bond donors (Lipinski definition) is 9. The Hall–Kier alpha value is -5.13. The van der Waals surface area contributed by atoms with Gasteiger partial charge in [-0.2, -0.15) is 9.36 Å². The molecule has 25 nitrogen and oxygen atoms in total. The van der Waals surface area contributed by atoms with Gasteiger partial charge in [-0.25, -0.2) is 22.8 Å². The molecule has 0 aromatic carbocycles. The fourth-order valence-electron chi connectivity index (χ4n) is 5.38. The number of nitrogen functional groups attached to an aromatic ring is 1. The van der Waals surface area contributed by atoms with Crippen LogP contribution in [0.3, 0.4) is 0 Å². The minimum atomic E-state index is -4.92. The van der Waals surface area contributed by atoms with Gasteiger partial charge < -0.3 is 52.3 Å². The van der Waals surface area contributed by atoms with Crippen molar-refractivity contribution in [3.8, 4) is 0 Å². The average molecular weight is 834 g/mol. The number of carbonyl (C=O) groups is 5. The Morgan fingerprint density at radius 2 is 1.89 bits per heavy atom. The van der Waals surface area contributed by atoms with Crippen LogP contribution in [0.2, 0.25) is 0 Å². The van der Waals surface area contributed by atoms with E-state index < -0.39 is 56.9 Å². The molecule has 2 aromatic rings. The van der Waals surface area contributed by atoms with E-state index in [1.165, 1.54) is 30.5 Å². The van der Waals surface area contributed by atoms with Gasteiger partial charge in [0.25, 0.3) is 11.8 Å². The summed E-state index contributed by atoms with van der Waals surface area (Å²) in [7, 11) is -4.92. The van der Waals surface area contributed by atoms with Crippen molar-refractivity contribution in [3.63, 3.8) is 0 Å². The van der Waals surface area contributed by atoms with Crippen LogP contribution in [0.25, 0.3) is 0 Å². The molecule has 28 heteroatoms. The van der Waals surface area contributed by atoms with Gasteiger partial charge in [0.1, 0.15) is 17.1 Å². The second kappa shape index (κ2) is 17.6. The molecule has 3 aliphatic heterocycles. The molecular weight excluding hydrogens is 795 g/mol. The maximum absolute atomic E-state index is 13.5. The molecule has 5 rings (SSSR count). The third kappa shape index (κ3) is 10.3. The fraction of sp³-hybridized carbons (Fsp3) is 0.519. The summed E-state index contributed by atoms with van der Waals surface area (Å²) in [6.45, 7) is 4.93. The Morgan fingerprint density at radius 3 is 2.45 bits per heavy atom. The Bertz CT molecular complexity index is 1980. The molecule has 0 spiro atoms. The Kier molecular flexibility index (Phi) is 13.6. The lowest BCUT2D eigenvalue weighted by atomic mass is 10.0. The molecular formula is C27H39N13O12S3. The maximum atomic E-state index is 13.5. The molecule has 5 heterocycles. The summed E-state index contributed by atoms with van der Waals surface area (Å²) in [5.41, 5.74) is 15.4. The summed E-state index contributed by atoms with van der Waals surface area (Å²) in [4.78, 5) is 75.6. The van der Waals surface area contributed by atoms with Crippen molar-refractivity contribution < 1.29 is 61.2 Å². The third-order valence-corrected chi connectivity index (χ3v) is 9.79. The Labute approximate surface area is 320 Å². The van der Waals surface area contributed by atoms with Gasteiger partial charge in [0.2, 0.25) is 33.7 Å². The maximum Gasteiger partial charge on any atom is 0.352 e. The molecule has 1 saturated heterocycles. The smallest absolute Gasteiger partial charge is 0.352 e. The third-order valence-electron chi connectivity index (χ3n) is 7.91. The Morgan fingerprint density at radius 1 is 1.24 bits per heavy atom. The number of amides is 4. The first-order valence-corrected chi connectivity index (χ1v) is 19.3. The minimum absolute atomic E-state index is 0.00283. The number of carbonyl (C=O) groups excluding carboxylic acids is 3. The number of fused-ring (bicyclic) bond motifs is 2. The van der Waals surface area contributed by atoms with Crippen LogP contribution in [0.1, 0.15) is 26.1 Å². The molecule has 0 saturated carbocycles. The van der Waals surface area contributed by atoms with Crippen LogP contribution in [-0.4, -0.2) is 143 Å². The quantitative estimate of drug-likeness (QED) is 0.0226. The van der Waals surface area contributed by atoms with Crippen LogP contribution in [-0.2, 0) is 47.5 Å². The van der Waals surface area contributed by atoms with E-state index in [2.05, 4.69) is 30.5 Å². The highest BCUT2D eigenvalue weighted by Gasteiger charge is 2.55. The van der Waals surface area contributed by atoms with Gasteiger partial charge in [0, 0.05) is 55.6 Å². The van der Waals surface area contributed by atoms with E-state index in [4.69, 9.17) is 39.6 Å². The zero-order valence-corrected chi connectivity index (χ0v) is 31.6. The van der Waals surface area contributed by atoms with E-state index in [9.17, 15) is 34.2 Å². The van der Waals surface area contributed by atoms with Crippen LogP contribution in [0.15, 0.2) is 22.6 Å². The molecule has 2 aromatic heterocycles. The van der Waals surface area contributed by atoms with E-state index in [0.29, 0.717) is 43.3 Å². The second-order valence-corrected chi connectivity index (χ2v) is 15.0. The monoisotopic (exact) mass is 833 g/mol. The van der Waals surface area contributed by atoms with E-state index in [-0.39, 0.29) is 48.1 Å². The highest BCUT2D eigenvalue weighted by molar-refractivity contribution is 8.00. The molecule has 12 N–H and O–H groups in total. The first-order chi connectivity index (χ1) is 25.8. The van der Waals surface area contributed by atoms with Gasteiger partial charge in [-0.1, -0.05) is 5.16 Å². The SMILES string of the molecule is CC(C)(O/N=C(\C(=O)N[C@@H]1C(=O)N2C(C(=O)O)=C(C[n+]3cc(NC(=O)N(CCN)CCN)c4n3CCCN4)CS[C@H]12)c1nsc(N)n1)C(=O)O.O=S(=O)([O-])O. The van der Waals surface area contributed by atoms with Crippen molar-refractivity contribution in [1.29, 1.82) is 0 Å². The number of carboxylic acid groups (broad SMARTS) is 2. The van der Waals surface area contributed by atoms with Crippen LogP contribution in [0.4, 0.5) is 21.4 Å². The number of hydrogen-bond acceptors (Lipinski definition) is 18. The number of aromatic nitrogens is 4. The van der Waals surface area contributed by atoms with Gasteiger partial charge in [-0.3, -0.25) is 24.4 Å². The Balaban J connectivity index is 0.00000126. The zero-order chi connectivity index (χ0) is 40.8. The number of carboxylic acids is 2. The second-order valence-electron chi connectivity index (χ2n) is 12.2. The number of urea groups is 1. The highest BCUT2D eigenvalue weighted by atomic mass is 32.3. The van der Waals surface area contributed by atoms with Gasteiger partial charge in [-0.15, -0.1) is 21.1 Å². The predicted octanol–water partition coefficient (Wildman–Crippen LogP) is -3.20. The van der Waals surface area contributed by atoms with Crippen molar-refractivity contribution in [2.24, 2.45) is 16.6 Å². The molecule has 1 fully saturated rings. The largest absolute Gasteiger partial charge is 0.726 e. The molecule has 0 radical (unpaired) electrons. The summed E-state index contributed by atoms with van der Waals surface area (Å²) < 4.78 is 40.5. The lowest BCUT2D eigenvalue weighted by Gasteiger charge is -2.49. The number of nitrogens with two attached hydrogens (primary N) is 3. The summed E-state index contributed by atoms with van der Waals surface area (Å²) in [5, 5.41) is 31.3. The number of rotatable bonds is 14. The lowest BCUT2D eigenvalue weighted by Crippen LogP contribution is -2.71. The van der Waals surface area contributed by atoms with E-state index in [1.807, 2.05) is 4.68 Å². The van der Waals surface area contributed by atoms with Crippen molar-refractivity contribution in [2.75, 3.05) is 54.8 Å². The van der Waals surface area contributed by atoms with E-state index >= 15 is 0 Å². The molecule has 3 aliphatic rings. The number of thioether (sulfide) groups is 1. The first kappa shape index (κ1) is 42.6. The van der Waals surface area contributed by atoms with Crippen LogP contribution in [0, 0.1) is 0 Å². The average Bonchev–Trinajstić information content (AvgIpc) is 3.68. The standard InChI is InChI=1S/C27H37N13O8S2.H2O4S/c1-27(2,24(45)46)48-35-15(18-34-25(30)50-36-18)20(41)33-16-21(42)40-17(23(43)44)13(12-49-22(16)40)10-38-11-14(19-31-6-3-7-39(19)38)32-26(47)37(8-4-28)9-5-29;1-5(2,3)4/h11,16,22H,3-10,12,28-29H2,1-2H3,(H6,30,32,33,34,36,41,43,44,45,46,47);(H2,1,2,3,4)/b35-15-;/t16-,22-;/m1./s1. The van der Waals surface area contributed by atoms with Crippen LogP contribution < -0.4 is 37.8 Å². The number of oxime groups is 1. The van der Waals surface area contributed by atoms with E-state index in [0.717, 1.165) is 22.9 Å². The van der Waals surface area contributed by atoms with Gasteiger partial charge in [0.15, 0.2) is 23.2 Å². The fourth-order valence-corrected chi connectivity index (χ4v) is 7.15. The number of nitrogens with zero attached hydrogens (tertiary/aromatic N) is 7. The van der Waals surface area contributed by atoms with Gasteiger partial charge >= 0.3 is 18.0 Å². The van der Waals surface area contributed by atoms with Gasteiger partial charge in [0.05, 0.1) is 6.54 Å². The molecule has 302 valence electrons. The minimum Gasteiger partial charge on any atom is -0.726 e. The highest BCUT2D eigenvalue weighted by Crippen LogP contribution is 2.40. The van der Waals surface area contributed by atoms with Crippen molar-refractivity contribution in [3.05, 3.63) is 23.3 Å². The number of anilines is 3. The van der Waals surface area contributed by atoms with Crippen molar-refractivity contribution in [1.82, 2.24) is 29.2 Å². The number of β-lactam (4-membered cyclic amide) rings is 1. The summed E-state index contributed by atoms with van der Waals surface area (Å²) >= 11 is 2.01. The summed E-state index contributed by atoms with van der Waals surface area (Å²) in [5.74, 6) is -3.71. The summed E-state index contributed by atoms with van der Waals surface area (Å²) in [6.07, 6.45) is 2.48. The first-order valence-electron chi connectivity index (χ1n) is 16.1. The molecule has 55 heavy (non-hydrogen) atoms. The molecule has 0 bridgehead atoms. The lowest BCUT2D eigenvalue weighted by molar-refractivity contribution is -0.767. The molecule has 0 aliphatic carbocycles. The molecule has 0 unspecified atom stereocenters. The molecule has 4 amide bonds.